The lowest BCUT2D eigenvalue weighted by Crippen LogP contribution is -2.23. The average Bonchev–Trinajstić information content (AvgIpc) is 2.86. The van der Waals surface area contributed by atoms with Crippen LogP contribution in [0.5, 0.6) is 17.2 Å². The highest BCUT2D eigenvalue weighted by Crippen LogP contribution is 2.38. The summed E-state index contributed by atoms with van der Waals surface area (Å²) in [5.41, 5.74) is 7.25. The maximum atomic E-state index is 12.8. The molecule has 1 heterocycles. The number of carbonyl (C=O) groups is 3. The third kappa shape index (κ3) is 6.22. The van der Waals surface area contributed by atoms with Crippen LogP contribution in [0.1, 0.15) is 26.3 Å². The second-order valence-corrected chi connectivity index (χ2v) is 7.04. The first-order valence-electron chi connectivity index (χ1n) is 10.2. The lowest BCUT2D eigenvalue weighted by molar-refractivity contribution is -0.120. The Morgan fingerprint density at radius 2 is 1.59 bits per heavy atom. The first kappa shape index (κ1) is 24.1. The molecule has 10 nitrogen and oxygen atoms in total. The molecule has 0 saturated heterocycles. The van der Waals surface area contributed by atoms with Gasteiger partial charge in [-0.2, -0.15) is 0 Å². The van der Waals surface area contributed by atoms with E-state index >= 15 is 0 Å². The molecule has 2 aromatic carbocycles. The van der Waals surface area contributed by atoms with Crippen LogP contribution in [0.2, 0.25) is 0 Å². The summed E-state index contributed by atoms with van der Waals surface area (Å²) in [7, 11) is 2.80. The summed E-state index contributed by atoms with van der Waals surface area (Å²) in [6.07, 6.45) is 3.09. The van der Waals surface area contributed by atoms with Crippen LogP contribution in [-0.2, 0) is 11.3 Å². The summed E-state index contributed by atoms with van der Waals surface area (Å²) in [6.45, 7) is -0.158. The Bertz CT molecular complexity index is 1160. The largest absolute Gasteiger partial charge is 0.493 e. The maximum absolute atomic E-state index is 12.8. The predicted octanol–water partition coefficient (Wildman–Crippen LogP) is 2.15. The number of nitrogens with two attached hydrogens (primary N) is 1. The van der Waals surface area contributed by atoms with Gasteiger partial charge in [-0.1, -0.05) is 12.1 Å². The van der Waals surface area contributed by atoms with E-state index in [1.54, 1.807) is 42.7 Å². The minimum absolute atomic E-state index is 0.165. The Kier molecular flexibility index (Phi) is 8.01. The van der Waals surface area contributed by atoms with Crippen molar-refractivity contribution < 1.29 is 28.6 Å². The number of amides is 3. The van der Waals surface area contributed by atoms with Gasteiger partial charge in [-0.05, 0) is 42.0 Å². The van der Waals surface area contributed by atoms with Crippen molar-refractivity contribution in [2.45, 2.75) is 6.54 Å². The molecule has 1 aromatic heterocycles. The number of carbonyl (C=O) groups excluding carboxylic acids is 3. The van der Waals surface area contributed by atoms with Crippen molar-refractivity contribution in [3.63, 3.8) is 0 Å². The van der Waals surface area contributed by atoms with Gasteiger partial charge in [0.25, 0.3) is 17.7 Å². The van der Waals surface area contributed by atoms with Gasteiger partial charge in [0.05, 0.1) is 14.2 Å². The van der Waals surface area contributed by atoms with Crippen molar-refractivity contribution in [3.05, 3.63) is 77.6 Å². The summed E-state index contributed by atoms with van der Waals surface area (Å²) in [5.74, 6) is -0.716. The quantitative estimate of drug-likeness (QED) is 0.417. The number of nitrogens with one attached hydrogen (secondary N) is 2. The molecule has 0 aliphatic heterocycles. The van der Waals surface area contributed by atoms with E-state index in [0.717, 1.165) is 5.56 Å². The van der Waals surface area contributed by atoms with E-state index in [1.165, 1.54) is 26.4 Å². The fourth-order valence-corrected chi connectivity index (χ4v) is 3.05. The minimum atomic E-state index is -0.662. The highest BCUT2D eigenvalue weighted by atomic mass is 16.5. The molecule has 0 unspecified atom stereocenters. The van der Waals surface area contributed by atoms with Gasteiger partial charge in [-0.25, -0.2) is 0 Å². The van der Waals surface area contributed by atoms with E-state index < -0.39 is 5.91 Å². The number of methoxy groups -OCH3 is 2. The van der Waals surface area contributed by atoms with Crippen molar-refractivity contribution in [3.8, 4) is 17.2 Å². The number of primary amides is 1. The molecular weight excluding hydrogens is 440 g/mol. The summed E-state index contributed by atoms with van der Waals surface area (Å²) in [5, 5.41) is 5.63. The van der Waals surface area contributed by atoms with Crippen molar-refractivity contribution in [1.82, 2.24) is 10.3 Å². The van der Waals surface area contributed by atoms with Crippen LogP contribution in [0.4, 0.5) is 5.69 Å². The number of hydrogen-bond donors (Lipinski definition) is 3. The number of anilines is 1. The van der Waals surface area contributed by atoms with Crippen LogP contribution in [0.25, 0.3) is 0 Å². The third-order valence-electron chi connectivity index (χ3n) is 4.66. The zero-order valence-corrected chi connectivity index (χ0v) is 18.7. The number of hydrogen-bond acceptors (Lipinski definition) is 7. The number of ether oxygens (including phenoxy) is 3. The van der Waals surface area contributed by atoms with Crippen LogP contribution >= 0.6 is 0 Å². The summed E-state index contributed by atoms with van der Waals surface area (Å²) >= 11 is 0. The van der Waals surface area contributed by atoms with E-state index in [0.29, 0.717) is 11.3 Å². The summed E-state index contributed by atoms with van der Waals surface area (Å²) in [6, 6.07) is 13.3. The Balaban J connectivity index is 1.69. The summed E-state index contributed by atoms with van der Waals surface area (Å²) < 4.78 is 15.9. The minimum Gasteiger partial charge on any atom is -0.493 e. The van der Waals surface area contributed by atoms with E-state index in [1.807, 2.05) is 6.07 Å². The molecule has 3 aromatic rings. The van der Waals surface area contributed by atoms with Gasteiger partial charge in [0, 0.05) is 35.8 Å². The molecule has 0 aliphatic carbocycles. The predicted molar refractivity (Wildman–Crippen MR) is 124 cm³/mol. The third-order valence-corrected chi connectivity index (χ3v) is 4.66. The van der Waals surface area contributed by atoms with Crippen molar-refractivity contribution in [1.29, 1.82) is 0 Å². The van der Waals surface area contributed by atoms with Crippen molar-refractivity contribution >= 4 is 23.4 Å². The van der Waals surface area contributed by atoms with Gasteiger partial charge in [0.1, 0.15) is 0 Å². The van der Waals surface area contributed by atoms with Gasteiger partial charge in [0.15, 0.2) is 18.1 Å². The van der Waals surface area contributed by atoms with Crippen molar-refractivity contribution in [2.24, 2.45) is 5.73 Å². The highest BCUT2D eigenvalue weighted by molar-refractivity contribution is 6.04. The van der Waals surface area contributed by atoms with Crippen molar-refractivity contribution in [2.75, 3.05) is 26.1 Å². The second kappa shape index (κ2) is 11.3. The Hall–Kier alpha value is -4.60. The smallest absolute Gasteiger partial charge is 0.255 e. The number of aromatic nitrogens is 1. The van der Waals surface area contributed by atoms with Crippen LogP contribution in [0.15, 0.2) is 60.9 Å². The molecule has 0 spiro atoms. The molecule has 0 saturated carbocycles. The van der Waals surface area contributed by atoms with E-state index in [4.69, 9.17) is 19.9 Å². The second-order valence-electron chi connectivity index (χ2n) is 7.04. The van der Waals surface area contributed by atoms with E-state index in [2.05, 4.69) is 15.6 Å². The first-order valence-corrected chi connectivity index (χ1v) is 10.2. The molecule has 4 N–H and O–H groups in total. The molecule has 3 amide bonds. The topological polar surface area (TPSA) is 142 Å². The molecule has 0 atom stereocenters. The standard InChI is InChI=1S/C24H24N4O6/c1-32-19-11-17(12-20(33-2)22(19)34-14-21(25)29)23(30)27-13-15-4-3-5-18(10-15)28-24(31)16-6-8-26-9-7-16/h3-12H,13-14H2,1-2H3,(H2,25,29)(H,27,30)(H,28,31). The maximum Gasteiger partial charge on any atom is 0.255 e. The molecule has 0 fully saturated rings. The zero-order valence-electron chi connectivity index (χ0n) is 18.7. The Labute approximate surface area is 196 Å². The van der Waals surface area contributed by atoms with Gasteiger partial charge < -0.3 is 30.6 Å². The molecule has 3 rings (SSSR count). The molecule has 176 valence electrons. The van der Waals surface area contributed by atoms with Crippen LogP contribution in [0, 0.1) is 0 Å². The molecular formula is C24H24N4O6. The number of pyridine rings is 1. The number of benzene rings is 2. The molecule has 0 radical (unpaired) electrons. The Morgan fingerprint density at radius 1 is 0.912 bits per heavy atom. The normalized spacial score (nSPS) is 10.2. The van der Waals surface area contributed by atoms with Gasteiger partial charge in [-0.15, -0.1) is 0 Å². The lowest BCUT2D eigenvalue weighted by atomic mass is 10.1. The Morgan fingerprint density at radius 3 is 2.21 bits per heavy atom. The monoisotopic (exact) mass is 464 g/mol. The molecule has 0 bridgehead atoms. The van der Waals surface area contributed by atoms with Gasteiger partial charge >= 0.3 is 0 Å². The average molecular weight is 464 g/mol. The first-order chi connectivity index (χ1) is 16.4. The van der Waals surface area contributed by atoms with E-state index in [-0.39, 0.29) is 47.8 Å². The van der Waals surface area contributed by atoms with Gasteiger partial charge in [-0.3, -0.25) is 19.4 Å². The number of rotatable bonds is 10. The zero-order chi connectivity index (χ0) is 24.5. The summed E-state index contributed by atoms with van der Waals surface area (Å²) in [4.78, 5) is 40.1. The number of nitrogens with zero attached hydrogens (tertiary/aromatic N) is 1. The molecule has 0 aliphatic rings. The molecule has 10 heteroatoms. The SMILES string of the molecule is COc1cc(C(=O)NCc2cccc(NC(=O)c3ccncc3)c2)cc(OC)c1OCC(N)=O. The fourth-order valence-electron chi connectivity index (χ4n) is 3.05. The van der Waals surface area contributed by atoms with Crippen LogP contribution in [-0.4, -0.2) is 43.5 Å². The lowest BCUT2D eigenvalue weighted by Gasteiger charge is -2.15. The van der Waals surface area contributed by atoms with E-state index in [9.17, 15) is 14.4 Å². The van der Waals surface area contributed by atoms with Crippen LogP contribution in [0.3, 0.4) is 0 Å². The van der Waals surface area contributed by atoms with Crippen LogP contribution < -0.4 is 30.6 Å². The molecule has 34 heavy (non-hydrogen) atoms. The fraction of sp³-hybridized carbons (Fsp3) is 0.167. The van der Waals surface area contributed by atoms with Gasteiger partial charge in [0.2, 0.25) is 5.75 Å². The highest BCUT2D eigenvalue weighted by Gasteiger charge is 2.18.